The minimum Gasteiger partial charge on any atom is -0.465 e. The Morgan fingerprint density at radius 1 is 1.18 bits per heavy atom. The second-order valence-corrected chi connectivity index (χ2v) is 8.06. The first-order valence-corrected chi connectivity index (χ1v) is 10.4. The number of para-hydroxylation sites is 1. The highest BCUT2D eigenvalue weighted by atomic mass is 19.1. The molecular formula is C23H20FN5O4. The predicted octanol–water partition coefficient (Wildman–Crippen LogP) is 3.79. The summed E-state index contributed by atoms with van der Waals surface area (Å²) in [5.41, 5.74) is 3.31. The van der Waals surface area contributed by atoms with Crippen molar-refractivity contribution < 1.29 is 23.9 Å². The predicted molar refractivity (Wildman–Crippen MR) is 118 cm³/mol. The van der Waals surface area contributed by atoms with Crippen molar-refractivity contribution in [3.63, 3.8) is 0 Å². The first kappa shape index (κ1) is 20.7. The number of carboxylic acid groups (broad SMARTS) is 1. The number of fused-ring (bicyclic) bond motifs is 1. The van der Waals surface area contributed by atoms with E-state index in [4.69, 9.17) is 0 Å². The van der Waals surface area contributed by atoms with Crippen LogP contribution in [0.3, 0.4) is 0 Å². The zero-order valence-corrected chi connectivity index (χ0v) is 17.3. The van der Waals surface area contributed by atoms with E-state index in [1.165, 1.54) is 6.20 Å². The number of H-pyrrole nitrogens is 1. The van der Waals surface area contributed by atoms with Crippen molar-refractivity contribution in [1.29, 1.82) is 0 Å². The number of amides is 2. The standard InChI is InChI=1S/C23H20FN5O4/c24-15-9-14(15)22(31)28-18-8-12(6-7-25-18)20-21(26-13-4-2-1-3-5-13)19-16(27-20)10-29(23(32)33)11-17(19)30/h1-8,14-15,26-27H,9-11H2,(H,32,33)(H,25,28,31)/t14-,15+/m0/s1. The molecule has 2 amide bonds. The Morgan fingerprint density at radius 3 is 2.64 bits per heavy atom. The number of ketones is 1. The molecule has 3 aromatic rings. The number of anilines is 3. The number of alkyl halides is 1. The Hall–Kier alpha value is -4.21. The fraction of sp³-hybridized carbons (Fsp3) is 0.217. The van der Waals surface area contributed by atoms with E-state index in [2.05, 4.69) is 20.6 Å². The molecule has 0 bridgehead atoms. The van der Waals surface area contributed by atoms with Gasteiger partial charge in [-0.05, 0) is 30.7 Å². The molecule has 2 aromatic heterocycles. The molecule has 1 aromatic carbocycles. The number of hydrogen-bond donors (Lipinski definition) is 4. The third-order valence-electron chi connectivity index (χ3n) is 5.70. The summed E-state index contributed by atoms with van der Waals surface area (Å²) in [6.45, 7) is -0.208. The highest BCUT2D eigenvalue weighted by Crippen LogP contribution is 2.39. The lowest BCUT2D eigenvalue weighted by molar-refractivity contribution is -0.117. The van der Waals surface area contributed by atoms with Crippen molar-refractivity contribution in [2.75, 3.05) is 17.2 Å². The van der Waals surface area contributed by atoms with Gasteiger partial charge in [0.1, 0.15) is 12.0 Å². The first-order valence-electron chi connectivity index (χ1n) is 10.4. The second-order valence-electron chi connectivity index (χ2n) is 8.06. The molecule has 5 rings (SSSR count). The summed E-state index contributed by atoms with van der Waals surface area (Å²) in [6.07, 6.45) is -0.583. The number of rotatable bonds is 5. The molecule has 0 saturated heterocycles. The van der Waals surface area contributed by atoms with E-state index in [0.29, 0.717) is 28.2 Å². The fourth-order valence-corrected chi connectivity index (χ4v) is 3.93. The summed E-state index contributed by atoms with van der Waals surface area (Å²) in [5.74, 6) is -1.14. The molecule has 4 N–H and O–H groups in total. The number of benzene rings is 1. The zero-order chi connectivity index (χ0) is 23.1. The number of nitrogens with zero attached hydrogens (tertiary/aromatic N) is 2. The molecule has 2 atom stereocenters. The molecule has 3 heterocycles. The largest absolute Gasteiger partial charge is 0.465 e. The maximum atomic E-state index is 13.2. The summed E-state index contributed by atoms with van der Waals surface area (Å²) in [6, 6.07) is 12.6. The molecule has 10 heteroatoms. The minimum absolute atomic E-state index is 0.0358. The quantitative estimate of drug-likeness (QED) is 0.469. The van der Waals surface area contributed by atoms with Gasteiger partial charge in [0.15, 0.2) is 5.78 Å². The van der Waals surface area contributed by atoms with Crippen molar-refractivity contribution in [3.05, 3.63) is 59.9 Å². The van der Waals surface area contributed by atoms with E-state index < -0.39 is 24.1 Å². The van der Waals surface area contributed by atoms with Crippen LogP contribution in [-0.4, -0.2) is 50.5 Å². The Labute approximate surface area is 187 Å². The zero-order valence-electron chi connectivity index (χ0n) is 17.3. The van der Waals surface area contributed by atoms with Gasteiger partial charge in [-0.1, -0.05) is 18.2 Å². The number of Topliss-reactive ketones (excluding diaryl/α,β-unsaturated/α-hetero) is 1. The Balaban J connectivity index is 1.55. The maximum Gasteiger partial charge on any atom is 0.408 e. The van der Waals surface area contributed by atoms with Crippen LogP contribution in [0.15, 0.2) is 48.7 Å². The van der Waals surface area contributed by atoms with Gasteiger partial charge in [-0.3, -0.25) is 14.5 Å². The lowest BCUT2D eigenvalue weighted by Gasteiger charge is -2.23. The van der Waals surface area contributed by atoms with Crippen LogP contribution in [0.5, 0.6) is 0 Å². The molecule has 2 aliphatic rings. The number of hydrogen-bond acceptors (Lipinski definition) is 5. The van der Waals surface area contributed by atoms with Gasteiger partial charge in [0.2, 0.25) is 5.91 Å². The van der Waals surface area contributed by atoms with Gasteiger partial charge in [-0.25, -0.2) is 14.2 Å². The molecule has 1 aliphatic carbocycles. The molecular weight excluding hydrogens is 429 g/mol. The van der Waals surface area contributed by atoms with Gasteiger partial charge in [0.05, 0.1) is 36.0 Å². The van der Waals surface area contributed by atoms with E-state index in [1.807, 2.05) is 30.3 Å². The van der Waals surface area contributed by atoms with E-state index in [9.17, 15) is 23.9 Å². The molecule has 9 nitrogen and oxygen atoms in total. The fourth-order valence-electron chi connectivity index (χ4n) is 3.93. The first-order chi connectivity index (χ1) is 15.9. The summed E-state index contributed by atoms with van der Waals surface area (Å²) in [5, 5.41) is 15.3. The van der Waals surface area contributed by atoms with Crippen LogP contribution in [-0.2, 0) is 11.3 Å². The van der Waals surface area contributed by atoms with Crippen molar-refractivity contribution in [1.82, 2.24) is 14.9 Å². The van der Waals surface area contributed by atoms with E-state index in [1.54, 1.807) is 12.1 Å². The molecule has 1 aliphatic heterocycles. The van der Waals surface area contributed by atoms with E-state index >= 15 is 0 Å². The van der Waals surface area contributed by atoms with Crippen LogP contribution in [0.4, 0.5) is 26.4 Å². The molecule has 1 fully saturated rings. The number of nitrogens with one attached hydrogen (secondary N) is 3. The molecule has 1 saturated carbocycles. The third-order valence-corrected chi connectivity index (χ3v) is 5.70. The Morgan fingerprint density at radius 2 is 1.94 bits per heavy atom. The van der Waals surface area contributed by atoms with Gasteiger partial charge in [-0.15, -0.1) is 0 Å². The SMILES string of the molecule is O=C1CN(C(=O)O)Cc2[nH]c(-c3ccnc(NC(=O)[C@H]4C[C@H]4F)c3)c(Nc3ccccc3)c21. The van der Waals surface area contributed by atoms with Crippen molar-refractivity contribution in [2.45, 2.75) is 19.1 Å². The summed E-state index contributed by atoms with van der Waals surface area (Å²) in [7, 11) is 0. The summed E-state index contributed by atoms with van der Waals surface area (Å²) < 4.78 is 13.2. The number of carbonyl (C=O) groups is 3. The topological polar surface area (TPSA) is 127 Å². The normalized spacial score (nSPS) is 19.1. The van der Waals surface area contributed by atoms with Crippen LogP contribution in [0.1, 0.15) is 22.5 Å². The monoisotopic (exact) mass is 449 g/mol. The van der Waals surface area contributed by atoms with Crippen molar-refractivity contribution in [3.8, 4) is 11.3 Å². The summed E-state index contributed by atoms with van der Waals surface area (Å²) in [4.78, 5) is 44.9. The smallest absolute Gasteiger partial charge is 0.408 e. The van der Waals surface area contributed by atoms with Crippen LogP contribution >= 0.6 is 0 Å². The van der Waals surface area contributed by atoms with E-state index in [-0.39, 0.29) is 31.1 Å². The molecule has 33 heavy (non-hydrogen) atoms. The second kappa shape index (κ2) is 8.05. The van der Waals surface area contributed by atoms with Gasteiger partial charge < -0.3 is 20.7 Å². The Kier molecular flexibility index (Phi) is 5.04. The number of carbonyl (C=O) groups excluding carboxylic acids is 2. The van der Waals surface area contributed by atoms with E-state index in [0.717, 1.165) is 10.6 Å². The number of aromatic amines is 1. The number of pyridine rings is 1. The minimum atomic E-state index is -1.18. The maximum absolute atomic E-state index is 13.2. The molecule has 0 radical (unpaired) electrons. The Bertz CT molecular complexity index is 1260. The van der Waals surface area contributed by atoms with Gasteiger partial charge >= 0.3 is 6.09 Å². The van der Waals surface area contributed by atoms with Gasteiger partial charge in [0, 0.05) is 23.1 Å². The van der Waals surface area contributed by atoms with Gasteiger partial charge in [0.25, 0.3) is 0 Å². The molecule has 0 spiro atoms. The highest BCUT2D eigenvalue weighted by Gasteiger charge is 2.43. The van der Waals surface area contributed by atoms with Crippen LogP contribution in [0.25, 0.3) is 11.3 Å². The molecule has 168 valence electrons. The lowest BCUT2D eigenvalue weighted by atomic mass is 10.0. The van der Waals surface area contributed by atoms with Crippen molar-refractivity contribution in [2.24, 2.45) is 5.92 Å². The van der Waals surface area contributed by atoms with Crippen LogP contribution < -0.4 is 10.6 Å². The average molecular weight is 449 g/mol. The van der Waals surface area contributed by atoms with Crippen LogP contribution in [0.2, 0.25) is 0 Å². The highest BCUT2D eigenvalue weighted by molar-refractivity contribution is 6.09. The number of halogens is 1. The third kappa shape index (κ3) is 4.02. The number of aromatic nitrogens is 2. The van der Waals surface area contributed by atoms with Crippen molar-refractivity contribution >= 4 is 35.0 Å². The van der Waals surface area contributed by atoms with Gasteiger partial charge in [-0.2, -0.15) is 0 Å². The van der Waals surface area contributed by atoms with Crippen LogP contribution in [0, 0.1) is 5.92 Å². The lowest BCUT2D eigenvalue weighted by Crippen LogP contribution is -2.38. The average Bonchev–Trinajstić information content (AvgIpc) is 3.42. The molecule has 0 unspecified atom stereocenters. The summed E-state index contributed by atoms with van der Waals surface area (Å²) >= 11 is 0.